The van der Waals surface area contributed by atoms with Gasteiger partial charge in [0.15, 0.2) is 0 Å². The van der Waals surface area contributed by atoms with Crippen molar-refractivity contribution in [2.45, 2.75) is 4.90 Å². The lowest BCUT2D eigenvalue weighted by Crippen LogP contribution is -1.93. The molecule has 2 aromatic rings. The summed E-state index contributed by atoms with van der Waals surface area (Å²) in [7, 11) is 1.40. The standard InChI is InChI=1S/C10H7ClN2O3S/c11-17(14,15)9-3-4-10(13-7-9)16-8-2-1-5-12-6-8/h1-7H. The molecule has 0 saturated carbocycles. The zero-order chi connectivity index (χ0) is 12.3. The SMILES string of the molecule is O=S(=O)(Cl)c1ccc(Oc2cccnc2)nc1. The van der Waals surface area contributed by atoms with E-state index in [1.807, 2.05) is 0 Å². The molecule has 88 valence electrons. The van der Waals surface area contributed by atoms with Crippen molar-refractivity contribution in [3.8, 4) is 11.6 Å². The number of rotatable bonds is 3. The van der Waals surface area contributed by atoms with Crippen LogP contribution in [0.1, 0.15) is 0 Å². The van der Waals surface area contributed by atoms with Crippen LogP contribution < -0.4 is 4.74 Å². The number of aromatic nitrogens is 2. The van der Waals surface area contributed by atoms with Gasteiger partial charge in [-0.05, 0) is 18.2 Å². The van der Waals surface area contributed by atoms with E-state index in [2.05, 4.69) is 9.97 Å². The predicted molar refractivity (Wildman–Crippen MR) is 61.6 cm³/mol. The highest BCUT2D eigenvalue weighted by Gasteiger charge is 2.10. The summed E-state index contributed by atoms with van der Waals surface area (Å²) >= 11 is 0. The van der Waals surface area contributed by atoms with Gasteiger partial charge < -0.3 is 4.74 Å². The molecule has 0 unspecified atom stereocenters. The van der Waals surface area contributed by atoms with Gasteiger partial charge in [-0.2, -0.15) is 0 Å². The Kier molecular flexibility index (Phi) is 3.26. The molecule has 2 rings (SSSR count). The smallest absolute Gasteiger partial charge is 0.262 e. The van der Waals surface area contributed by atoms with Crippen LogP contribution >= 0.6 is 10.7 Å². The lowest BCUT2D eigenvalue weighted by atomic mass is 10.4. The van der Waals surface area contributed by atoms with Gasteiger partial charge >= 0.3 is 0 Å². The number of hydrogen-bond acceptors (Lipinski definition) is 5. The van der Waals surface area contributed by atoms with Gasteiger partial charge in [-0.1, -0.05) is 0 Å². The van der Waals surface area contributed by atoms with Crippen LogP contribution in [-0.2, 0) is 9.05 Å². The molecular formula is C10H7ClN2O3S. The molecule has 0 aliphatic heterocycles. The maximum Gasteiger partial charge on any atom is 0.262 e. The molecule has 0 N–H and O–H groups in total. The first-order valence-electron chi connectivity index (χ1n) is 4.54. The molecule has 2 heterocycles. The second-order valence-corrected chi connectivity index (χ2v) is 5.63. The quantitative estimate of drug-likeness (QED) is 0.800. The maximum absolute atomic E-state index is 11.0. The number of ether oxygens (including phenoxy) is 1. The Balaban J connectivity index is 2.20. The third-order valence-electron chi connectivity index (χ3n) is 1.85. The van der Waals surface area contributed by atoms with Gasteiger partial charge in [0.25, 0.3) is 9.05 Å². The van der Waals surface area contributed by atoms with Gasteiger partial charge in [0.05, 0.1) is 12.4 Å². The van der Waals surface area contributed by atoms with Gasteiger partial charge in [0, 0.05) is 22.9 Å². The van der Waals surface area contributed by atoms with Crippen molar-refractivity contribution in [3.05, 3.63) is 42.9 Å². The Labute approximate surface area is 102 Å². The third-order valence-corrected chi connectivity index (χ3v) is 3.19. The summed E-state index contributed by atoms with van der Waals surface area (Å²) in [5.41, 5.74) is 0. The van der Waals surface area contributed by atoms with Crippen LogP contribution in [0.15, 0.2) is 47.8 Å². The van der Waals surface area contributed by atoms with Gasteiger partial charge in [0.1, 0.15) is 10.6 Å². The Bertz CT molecular complexity index is 599. The van der Waals surface area contributed by atoms with E-state index in [4.69, 9.17) is 15.4 Å². The largest absolute Gasteiger partial charge is 0.437 e. The molecule has 17 heavy (non-hydrogen) atoms. The molecular weight excluding hydrogens is 264 g/mol. The summed E-state index contributed by atoms with van der Waals surface area (Å²) in [5, 5.41) is 0. The molecule has 0 aliphatic carbocycles. The fraction of sp³-hybridized carbons (Fsp3) is 0. The van der Waals surface area contributed by atoms with Crippen molar-refractivity contribution in [2.75, 3.05) is 0 Å². The Morgan fingerprint density at radius 2 is 2.00 bits per heavy atom. The molecule has 5 nitrogen and oxygen atoms in total. The number of halogens is 1. The molecule has 0 aromatic carbocycles. The lowest BCUT2D eigenvalue weighted by molar-refractivity contribution is 0.460. The summed E-state index contributed by atoms with van der Waals surface area (Å²) < 4.78 is 27.3. The summed E-state index contributed by atoms with van der Waals surface area (Å²) in [4.78, 5) is 7.62. The lowest BCUT2D eigenvalue weighted by Gasteiger charge is -2.03. The van der Waals surface area contributed by atoms with E-state index in [1.54, 1.807) is 18.3 Å². The molecule has 0 spiro atoms. The van der Waals surface area contributed by atoms with Gasteiger partial charge in [0.2, 0.25) is 5.88 Å². The number of nitrogens with zero attached hydrogens (tertiary/aromatic N) is 2. The minimum Gasteiger partial charge on any atom is -0.437 e. The Morgan fingerprint density at radius 3 is 2.53 bits per heavy atom. The minimum atomic E-state index is -3.75. The maximum atomic E-state index is 11.0. The van der Waals surface area contributed by atoms with Crippen LogP contribution in [0.3, 0.4) is 0 Å². The average Bonchev–Trinajstić information content (AvgIpc) is 2.30. The van der Waals surface area contributed by atoms with Crippen molar-refractivity contribution in [1.82, 2.24) is 9.97 Å². The Morgan fingerprint density at radius 1 is 1.18 bits per heavy atom. The van der Waals surface area contributed by atoms with E-state index in [1.165, 1.54) is 18.3 Å². The second-order valence-electron chi connectivity index (χ2n) is 3.06. The molecule has 0 saturated heterocycles. The Hall–Kier alpha value is -1.66. The van der Waals surface area contributed by atoms with E-state index >= 15 is 0 Å². The molecule has 0 bridgehead atoms. The zero-order valence-corrected chi connectivity index (χ0v) is 10.0. The van der Waals surface area contributed by atoms with Crippen molar-refractivity contribution in [2.24, 2.45) is 0 Å². The van der Waals surface area contributed by atoms with Crippen molar-refractivity contribution < 1.29 is 13.2 Å². The highest BCUT2D eigenvalue weighted by atomic mass is 35.7. The third kappa shape index (κ3) is 3.15. The van der Waals surface area contributed by atoms with Crippen LogP contribution in [0, 0.1) is 0 Å². The van der Waals surface area contributed by atoms with E-state index in [-0.39, 0.29) is 10.8 Å². The first-order valence-corrected chi connectivity index (χ1v) is 6.85. The van der Waals surface area contributed by atoms with Gasteiger partial charge in [-0.3, -0.25) is 4.98 Å². The van der Waals surface area contributed by atoms with Gasteiger partial charge in [-0.15, -0.1) is 0 Å². The summed E-state index contributed by atoms with van der Waals surface area (Å²) in [5.74, 6) is 0.781. The normalized spacial score (nSPS) is 11.1. The van der Waals surface area contributed by atoms with Gasteiger partial charge in [-0.25, -0.2) is 13.4 Å². The van der Waals surface area contributed by atoms with Crippen LogP contribution in [0.25, 0.3) is 0 Å². The molecule has 0 aliphatic rings. The molecule has 0 radical (unpaired) electrons. The highest BCUT2D eigenvalue weighted by molar-refractivity contribution is 8.13. The highest BCUT2D eigenvalue weighted by Crippen LogP contribution is 2.20. The van der Waals surface area contributed by atoms with Crippen LogP contribution in [-0.4, -0.2) is 18.4 Å². The predicted octanol–water partition coefficient (Wildman–Crippen LogP) is 2.20. The van der Waals surface area contributed by atoms with Crippen molar-refractivity contribution in [1.29, 1.82) is 0 Å². The molecule has 0 atom stereocenters. The van der Waals surface area contributed by atoms with E-state index in [9.17, 15) is 8.42 Å². The van der Waals surface area contributed by atoms with E-state index in [0.717, 1.165) is 6.20 Å². The summed E-state index contributed by atoms with van der Waals surface area (Å²) in [6.45, 7) is 0. The molecule has 2 aromatic heterocycles. The van der Waals surface area contributed by atoms with E-state index < -0.39 is 9.05 Å². The molecule has 7 heteroatoms. The monoisotopic (exact) mass is 270 g/mol. The van der Waals surface area contributed by atoms with Crippen LogP contribution in [0.2, 0.25) is 0 Å². The first-order chi connectivity index (χ1) is 8.05. The number of pyridine rings is 2. The summed E-state index contributed by atoms with van der Waals surface area (Å²) in [6.07, 6.45) is 4.27. The summed E-state index contributed by atoms with van der Waals surface area (Å²) in [6, 6.07) is 6.16. The fourth-order valence-electron chi connectivity index (χ4n) is 1.10. The topological polar surface area (TPSA) is 69.2 Å². The van der Waals surface area contributed by atoms with E-state index in [0.29, 0.717) is 5.75 Å². The average molecular weight is 271 g/mol. The number of hydrogen-bond donors (Lipinski definition) is 0. The van der Waals surface area contributed by atoms with Crippen molar-refractivity contribution >= 4 is 19.7 Å². The zero-order valence-electron chi connectivity index (χ0n) is 8.45. The first kappa shape index (κ1) is 11.8. The minimum absolute atomic E-state index is 0.0716. The van der Waals surface area contributed by atoms with Crippen molar-refractivity contribution in [3.63, 3.8) is 0 Å². The molecule has 0 amide bonds. The molecule has 0 fully saturated rings. The van der Waals surface area contributed by atoms with Crippen LogP contribution in [0.4, 0.5) is 0 Å². The second kappa shape index (κ2) is 4.68. The van der Waals surface area contributed by atoms with Crippen LogP contribution in [0.5, 0.6) is 11.6 Å². The fourth-order valence-corrected chi connectivity index (χ4v) is 1.78.